The van der Waals surface area contributed by atoms with Gasteiger partial charge < -0.3 is 19.4 Å². The Balaban J connectivity index is 1.40. The summed E-state index contributed by atoms with van der Waals surface area (Å²) < 4.78 is 54.9. The molecular weight excluding hydrogens is 573 g/mol. The van der Waals surface area contributed by atoms with Gasteiger partial charge >= 0.3 is 12.3 Å². The van der Waals surface area contributed by atoms with Crippen molar-refractivity contribution in [2.45, 2.75) is 83.3 Å². The molecule has 1 aliphatic heterocycles. The predicted octanol–water partition coefficient (Wildman–Crippen LogP) is 7.00. The maximum Gasteiger partial charge on any atom is 0.410 e. The van der Waals surface area contributed by atoms with Crippen LogP contribution in [0.5, 0.6) is 0 Å². The summed E-state index contributed by atoms with van der Waals surface area (Å²) in [5.74, 6) is -0.682. The minimum atomic E-state index is -4.70. The predicted molar refractivity (Wildman–Crippen MR) is 160 cm³/mol. The molecule has 234 valence electrons. The van der Waals surface area contributed by atoms with Crippen LogP contribution >= 0.6 is 0 Å². The number of amides is 2. The van der Waals surface area contributed by atoms with Gasteiger partial charge in [0.2, 0.25) is 5.91 Å². The molecular formula is C33H37F3N4O4. The van der Waals surface area contributed by atoms with Crippen molar-refractivity contribution in [3.8, 4) is 6.07 Å². The molecule has 44 heavy (non-hydrogen) atoms. The molecule has 2 amide bonds. The lowest BCUT2D eigenvalue weighted by atomic mass is 9.98. The lowest BCUT2D eigenvalue weighted by molar-refractivity contribution is -0.161. The van der Waals surface area contributed by atoms with Crippen LogP contribution in [0.25, 0.3) is 27.5 Å². The highest BCUT2D eigenvalue weighted by Gasteiger charge is 2.47. The van der Waals surface area contributed by atoms with Crippen molar-refractivity contribution in [1.29, 1.82) is 5.26 Å². The Bertz CT molecular complexity index is 1660. The first-order chi connectivity index (χ1) is 20.6. The molecule has 0 saturated heterocycles. The lowest BCUT2D eigenvalue weighted by Gasteiger charge is -2.29. The van der Waals surface area contributed by atoms with E-state index < -0.39 is 41.4 Å². The summed E-state index contributed by atoms with van der Waals surface area (Å²) in [5.41, 5.74) is 0.931. The Morgan fingerprint density at radius 2 is 1.82 bits per heavy atom. The molecule has 0 radical (unpaired) electrons. The summed E-state index contributed by atoms with van der Waals surface area (Å²) >= 11 is 0. The SMILES string of the molecule is CC(C)C[C@H](N[C@@H](c1ccc2c(c1)oc1ccc(C3=CCN(C(=O)OC(C)(C)C)C3)cc12)C(F)(F)F)C(=O)NC1(C#N)CC1. The molecule has 0 unspecified atom stereocenters. The molecule has 5 rings (SSSR count). The molecule has 8 nitrogen and oxygen atoms in total. The number of carbonyl (C=O) groups excluding carboxylic acids is 2. The molecule has 0 bridgehead atoms. The van der Waals surface area contributed by atoms with Gasteiger partial charge in [0.25, 0.3) is 0 Å². The second-order valence-electron chi connectivity index (χ2n) is 13.2. The van der Waals surface area contributed by atoms with Gasteiger partial charge in [-0.05, 0) is 80.9 Å². The first-order valence-electron chi connectivity index (χ1n) is 14.8. The van der Waals surface area contributed by atoms with Crippen LogP contribution in [0.2, 0.25) is 0 Å². The maximum absolute atomic E-state index is 14.5. The van der Waals surface area contributed by atoms with Crippen LogP contribution in [0.15, 0.2) is 46.9 Å². The fourth-order valence-corrected chi connectivity index (χ4v) is 5.42. The average Bonchev–Trinajstić information content (AvgIpc) is 3.35. The molecule has 2 aromatic carbocycles. The number of ether oxygens (including phenoxy) is 1. The van der Waals surface area contributed by atoms with Gasteiger partial charge in [0.15, 0.2) is 0 Å². The van der Waals surface area contributed by atoms with E-state index in [0.717, 1.165) is 16.5 Å². The zero-order valence-corrected chi connectivity index (χ0v) is 25.5. The maximum atomic E-state index is 14.5. The number of hydrogen-bond acceptors (Lipinski definition) is 6. The Labute approximate surface area is 254 Å². The number of halogens is 3. The van der Waals surface area contributed by atoms with Crippen LogP contribution in [0, 0.1) is 17.2 Å². The Morgan fingerprint density at radius 3 is 2.43 bits per heavy atom. The van der Waals surface area contributed by atoms with Crippen molar-refractivity contribution in [2.75, 3.05) is 13.1 Å². The molecule has 0 spiro atoms. The standard InChI is InChI=1S/C33H37F3N4O4/c1-19(2)14-25(29(41)39-32(18-37)11-12-32)38-28(33(34,35)36)21-6-8-23-24-15-20(7-9-26(24)43-27(23)16-21)22-10-13-40(17-22)30(42)44-31(3,4)5/h6-10,15-16,19,25,28,38H,11-14,17H2,1-5H3,(H,39,41)/t25-,28-/m0/s1. The third-order valence-electron chi connectivity index (χ3n) is 7.82. The first-order valence-corrected chi connectivity index (χ1v) is 14.8. The number of hydrogen-bond donors (Lipinski definition) is 2. The van der Waals surface area contributed by atoms with Gasteiger partial charge in [-0.3, -0.25) is 10.1 Å². The second-order valence-corrected chi connectivity index (χ2v) is 13.2. The number of fused-ring (bicyclic) bond motifs is 3. The van der Waals surface area contributed by atoms with Crippen molar-refractivity contribution in [3.63, 3.8) is 0 Å². The lowest BCUT2D eigenvalue weighted by Crippen LogP contribution is -2.52. The molecule has 1 saturated carbocycles. The van der Waals surface area contributed by atoms with Crippen molar-refractivity contribution in [2.24, 2.45) is 5.92 Å². The van der Waals surface area contributed by atoms with Crippen LogP contribution in [0.4, 0.5) is 18.0 Å². The molecule has 1 aliphatic carbocycles. The average molecular weight is 611 g/mol. The summed E-state index contributed by atoms with van der Waals surface area (Å²) in [6.07, 6.45) is -2.02. The monoisotopic (exact) mass is 610 g/mol. The number of nitrogens with zero attached hydrogens (tertiary/aromatic N) is 2. The minimum absolute atomic E-state index is 0.0670. The van der Waals surface area contributed by atoms with E-state index >= 15 is 0 Å². The molecule has 2 N–H and O–H groups in total. The van der Waals surface area contributed by atoms with E-state index in [2.05, 4.69) is 16.7 Å². The summed E-state index contributed by atoms with van der Waals surface area (Å²) in [7, 11) is 0. The number of alkyl halides is 3. The zero-order valence-electron chi connectivity index (χ0n) is 25.5. The van der Waals surface area contributed by atoms with E-state index in [0.29, 0.717) is 36.9 Å². The molecule has 2 heterocycles. The third kappa shape index (κ3) is 6.86. The minimum Gasteiger partial charge on any atom is -0.456 e. The summed E-state index contributed by atoms with van der Waals surface area (Å²) in [6, 6.07) is 8.68. The van der Waals surface area contributed by atoms with Crippen LogP contribution < -0.4 is 10.6 Å². The van der Waals surface area contributed by atoms with Gasteiger partial charge in [0.1, 0.15) is 28.3 Å². The molecule has 3 aromatic rings. The van der Waals surface area contributed by atoms with E-state index in [9.17, 15) is 28.0 Å². The fraction of sp³-hybridized carbons (Fsp3) is 0.485. The largest absolute Gasteiger partial charge is 0.456 e. The van der Waals surface area contributed by atoms with Gasteiger partial charge in [-0.25, -0.2) is 4.79 Å². The molecule has 1 aromatic heterocycles. The van der Waals surface area contributed by atoms with Crippen LogP contribution in [0.3, 0.4) is 0 Å². The topological polar surface area (TPSA) is 108 Å². The van der Waals surface area contributed by atoms with E-state index in [1.54, 1.807) is 17.0 Å². The van der Waals surface area contributed by atoms with Crippen molar-refractivity contribution < 1.29 is 31.9 Å². The Kier molecular flexibility index (Phi) is 8.18. The second kappa shape index (κ2) is 11.5. The fourth-order valence-electron chi connectivity index (χ4n) is 5.42. The van der Waals surface area contributed by atoms with Gasteiger partial charge in [0.05, 0.1) is 12.1 Å². The van der Waals surface area contributed by atoms with E-state index in [-0.39, 0.29) is 23.5 Å². The highest BCUT2D eigenvalue weighted by atomic mass is 19.4. The number of benzene rings is 2. The number of carbonyl (C=O) groups is 2. The highest BCUT2D eigenvalue weighted by Crippen LogP contribution is 2.39. The number of rotatable bonds is 8. The van der Waals surface area contributed by atoms with Gasteiger partial charge in [-0.2, -0.15) is 18.4 Å². The summed E-state index contributed by atoms with van der Waals surface area (Å²) in [5, 5.41) is 15.9. The Morgan fingerprint density at radius 1 is 1.09 bits per heavy atom. The molecule has 11 heteroatoms. The Hall–Kier alpha value is -4.04. The number of furan rings is 1. The van der Waals surface area contributed by atoms with Crippen LogP contribution in [-0.2, 0) is 9.53 Å². The van der Waals surface area contributed by atoms with Gasteiger partial charge in [-0.1, -0.05) is 38.1 Å². The zero-order chi connectivity index (χ0) is 32.0. The highest BCUT2D eigenvalue weighted by molar-refractivity contribution is 6.06. The van der Waals surface area contributed by atoms with E-state index in [4.69, 9.17) is 9.15 Å². The molecule has 1 fully saturated rings. The number of nitriles is 1. The van der Waals surface area contributed by atoms with Crippen molar-refractivity contribution >= 4 is 39.5 Å². The molecule has 2 aliphatic rings. The summed E-state index contributed by atoms with van der Waals surface area (Å²) in [4.78, 5) is 27.1. The van der Waals surface area contributed by atoms with Crippen LogP contribution in [0.1, 0.15) is 71.0 Å². The van der Waals surface area contributed by atoms with E-state index in [1.807, 2.05) is 52.8 Å². The third-order valence-corrected chi connectivity index (χ3v) is 7.82. The summed E-state index contributed by atoms with van der Waals surface area (Å²) in [6.45, 7) is 9.88. The first kappa shape index (κ1) is 31.4. The van der Waals surface area contributed by atoms with Crippen LogP contribution in [-0.4, -0.2) is 53.3 Å². The normalized spacial score (nSPS) is 17.8. The smallest absolute Gasteiger partial charge is 0.410 e. The van der Waals surface area contributed by atoms with E-state index in [1.165, 1.54) is 12.1 Å². The quantitative estimate of drug-likeness (QED) is 0.284. The van der Waals surface area contributed by atoms with Crippen molar-refractivity contribution in [3.05, 3.63) is 53.6 Å². The van der Waals surface area contributed by atoms with Gasteiger partial charge in [0, 0.05) is 23.9 Å². The van der Waals surface area contributed by atoms with Crippen molar-refractivity contribution in [1.82, 2.24) is 15.5 Å². The number of nitrogens with one attached hydrogen (secondary N) is 2. The van der Waals surface area contributed by atoms with Gasteiger partial charge in [-0.15, -0.1) is 0 Å². The molecule has 2 atom stereocenters.